The fourth-order valence-electron chi connectivity index (χ4n) is 3.36. The second-order valence-corrected chi connectivity index (χ2v) is 6.27. The smallest absolute Gasteiger partial charge is 0.0200 e. The van der Waals surface area contributed by atoms with Crippen LogP contribution in [0.25, 0.3) is 0 Å². The van der Waals surface area contributed by atoms with Gasteiger partial charge >= 0.3 is 0 Å². The highest BCUT2D eigenvalue weighted by molar-refractivity contribution is 5.11. The van der Waals surface area contributed by atoms with Crippen LogP contribution >= 0.6 is 0 Å². The first-order valence-corrected chi connectivity index (χ1v) is 8.08. The predicted molar refractivity (Wildman–Crippen MR) is 84.7 cm³/mol. The maximum atomic E-state index is 4.34. The molecule has 6 unspecified atom stereocenters. The molecule has 0 aromatic rings. The molecule has 6 atom stereocenters. The van der Waals surface area contributed by atoms with E-state index < -0.39 is 0 Å². The van der Waals surface area contributed by atoms with E-state index in [9.17, 15) is 0 Å². The Morgan fingerprint density at radius 2 is 1.61 bits per heavy atom. The van der Waals surface area contributed by atoms with Gasteiger partial charge in [-0.15, -0.1) is 0 Å². The number of hydrogen-bond acceptors (Lipinski definition) is 0. The van der Waals surface area contributed by atoms with Crippen LogP contribution in [-0.4, -0.2) is 0 Å². The monoisotopic (exact) mass is 252 g/mol. The van der Waals surface area contributed by atoms with Gasteiger partial charge in [0.25, 0.3) is 0 Å². The molecule has 108 valence electrons. The first kappa shape index (κ1) is 17.7. The molecule has 0 saturated heterocycles. The molecule has 0 radical (unpaired) electrons. The Morgan fingerprint density at radius 1 is 1.11 bits per heavy atom. The molecule has 0 bridgehead atoms. The van der Waals surface area contributed by atoms with Crippen molar-refractivity contribution in [1.29, 1.82) is 0 Å². The summed E-state index contributed by atoms with van der Waals surface area (Å²) in [5, 5.41) is 0. The number of hydrogen-bond donors (Lipinski definition) is 0. The molecule has 0 aromatic carbocycles. The molecule has 0 heteroatoms. The molecule has 0 spiro atoms. The average molecular weight is 252 g/mol. The van der Waals surface area contributed by atoms with Crippen molar-refractivity contribution < 1.29 is 0 Å². The van der Waals surface area contributed by atoms with Gasteiger partial charge in [-0.2, -0.15) is 0 Å². The van der Waals surface area contributed by atoms with Crippen molar-refractivity contribution in [2.45, 2.75) is 68.2 Å². The minimum atomic E-state index is 0.718. The van der Waals surface area contributed by atoms with Crippen molar-refractivity contribution in [2.75, 3.05) is 0 Å². The Morgan fingerprint density at radius 3 is 2.06 bits per heavy atom. The van der Waals surface area contributed by atoms with Gasteiger partial charge in [0.15, 0.2) is 0 Å². The summed E-state index contributed by atoms with van der Waals surface area (Å²) in [6, 6.07) is 0. The van der Waals surface area contributed by atoms with Gasteiger partial charge in [-0.3, -0.25) is 0 Å². The van der Waals surface area contributed by atoms with E-state index in [1.807, 2.05) is 13.8 Å². The normalized spacial score (nSPS) is 35.4. The first-order valence-electron chi connectivity index (χ1n) is 8.08. The van der Waals surface area contributed by atoms with E-state index in [1.165, 1.54) is 18.4 Å². The Kier molecular flexibility index (Phi) is 7.90. The van der Waals surface area contributed by atoms with E-state index in [0.717, 1.165) is 35.5 Å². The minimum Gasteiger partial charge on any atom is -0.0993 e. The molecule has 0 heterocycles. The third-order valence-electron chi connectivity index (χ3n) is 5.53. The Hall–Kier alpha value is -0.260. The molecule has 1 rings (SSSR count). The molecule has 0 N–H and O–H groups in total. The Labute approximate surface area is 116 Å². The van der Waals surface area contributed by atoms with Crippen molar-refractivity contribution in [3.05, 3.63) is 12.2 Å². The average Bonchev–Trinajstić information content (AvgIpc) is 2.41. The lowest BCUT2D eigenvalue weighted by Crippen LogP contribution is -2.35. The maximum absolute atomic E-state index is 4.34. The minimum absolute atomic E-state index is 0.718. The summed E-state index contributed by atoms with van der Waals surface area (Å²) >= 11 is 0. The molecular formula is C18H36. The van der Waals surface area contributed by atoms with Crippen LogP contribution in [0.5, 0.6) is 0 Å². The lowest BCUT2D eigenvalue weighted by molar-refractivity contribution is 0.125. The van der Waals surface area contributed by atoms with Gasteiger partial charge < -0.3 is 0 Å². The van der Waals surface area contributed by atoms with Crippen LogP contribution in [0.3, 0.4) is 0 Å². The second kappa shape index (κ2) is 8.02. The first-order chi connectivity index (χ1) is 8.40. The molecule has 0 amide bonds. The number of allylic oxidation sites excluding steroid dienone is 1. The van der Waals surface area contributed by atoms with Crippen molar-refractivity contribution >= 4 is 0 Å². The molecule has 1 aliphatic rings. The van der Waals surface area contributed by atoms with Gasteiger partial charge in [0.1, 0.15) is 0 Å². The van der Waals surface area contributed by atoms with Crippen molar-refractivity contribution in [3.8, 4) is 0 Å². The summed E-state index contributed by atoms with van der Waals surface area (Å²) in [6.07, 6.45) is 2.70. The summed E-state index contributed by atoms with van der Waals surface area (Å²) in [7, 11) is 0. The Balaban J connectivity index is 0.00000137. The molecule has 18 heavy (non-hydrogen) atoms. The van der Waals surface area contributed by atoms with Gasteiger partial charge in [0.05, 0.1) is 0 Å². The van der Waals surface area contributed by atoms with Crippen LogP contribution in [0.1, 0.15) is 68.2 Å². The number of rotatable bonds is 3. The quantitative estimate of drug-likeness (QED) is 0.526. The van der Waals surface area contributed by atoms with Gasteiger partial charge in [-0.1, -0.05) is 74.0 Å². The fourth-order valence-corrected chi connectivity index (χ4v) is 3.36. The van der Waals surface area contributed by atoms with Crippen LogP contribution < -0.4 is 0 Å². The van der Waals surface area contributed by atoms with Crippen molar-refractivity contribution in [1.82, 2.24) is 0 Å². The molecule has 0 nitrogen and oxygen atoms in total. The van der Waals surface area contributed by atoms with E-state index in [1.54, 1.807) is 0 Å². The summed E-state index contributed by atoms with van der Waals surface area (Å²) in [5.41, 5.74) is 1.50. The van der Waals surface area contributed by atoms with Crippen LogP contribution in [0.4, 0.5) is 0 Å². The van der Waals surface area contributed by atoms with Gasteiger partial charge in [0.2, 0.25) is 0 Å². The zero-order chi connectivity index (χ0) is 14.5. The van der Waals surface area contributed by atoms with Crippen molar-refractivity contribution in [2.24, 2.45) is 35.5 Å². The summed E-state index contributed by atoms with van der Waals surface area (Å²) in [5.74, 6) is 4.80. The highest BCUT2D eigenvalue weighted by Crippen LogP contribution is 2.45. The third kappa shape index (κ3) is 3.87. The van der Waals surface area contributed by atoms with E-state index in [2.05, 4.69) is 48.1 Å². The topological polar surface area (TPSA) is 0 Å². The second-order valence-electron chi connectivity index (χ2n) is 6.27. The summed E-state index contributed by atoms with van der Waals surface area (Å²) in [4.78, 5) is 0. The lowest BCUT2D eigenvalue weighted by Gasteiger charge is -2.43. The highest BCUT2D eigenvalue weighted by atomic mass is 14.4. The molecule has 1 saturated carbocycles. The lowest BCUT2D eigenvalue weighted by atomic mass is 9.62. The van der Waals surface area contributed by atoms with Gasteiger partial charge in [-0.25, -0.2) is 0 Å². The standard InChI is InChI=1S/C16H30.C2H6/c1-8-10(2)13(5)16-9-11(3)12(4)14(6)15(16)7;1-2/h10-13,15-16H,6,8-9H2,1-5,7H3;1-2H3. The zero-order valence-corrected chi connectivity index (χ0v) is 14.1. The maximum Gasteiger partial charge on any atom is -0.0200 e. The highest BCUT2D eigenvalue weighted by Gasteiger charge is 2.36. The SMILES string of the molecule is C=C1C(C)C(C)CC(C(C)C(C)CC)C1C.CC. The zero-order valence-electron chi connectivity index (χ0n) is 14.1. The molecule has 0 aromatic heterocycles. The van der Waals surface area contributed by atoms with E-state index >= 15 is 0 Å². The van der Waals surface area contributed by atoms with Crippen LogP contribution in [0.2, 0.25) is 0 Å². The molecule has 1 fully saturated rings. The molecule has 1 aliphatic carbocycles. The molecular weight excluding hydrogens is 216 g/mol. The van der Waals surface area contributed by atoms with Gasteiger partial charge in [-0.05, 0) is 41.9 Å². The van der Waals surface area contributed by atoms with Crippen molar-refractivity contribution in [3.63, 3.8) is 0 Å². The van der Waals surface area contributed by atoms with Gasteiger partial charge in [0, 0.05) is 0 Å². The fraction of sp³-hybridized carbons (Fsp3) is 0.889. The van der Waals surface area contributed by atoms with Crippen LogP contribution in [-0.2, 0) is 0 Å². The largest absolute Gasteiger partial charge is 0.0993 e. The Bertz CT molecular complexity index is 240. The van der Waals surface area contributed by atoms with E-state index in [0.29, 0.717) is 0 Å². The van der Waals surface area contributed by atoms with Crippen LogP contribution in [0, 0.1) is 35.5 Å². The summed E-state index contributed by atoms with van der Waals surface area (Å²) < 4.78 is 0. The predicted octanol–water partition coefficient (Wildman–Crippen LogP) is 6.18. The summed E-state index contributed by atoms with van der Waals surface area (Å²) in [6.45, 7) is 22.7. The third-order valence-corrected chi connectivity index (χ3v) is 5.53. The van der Waals surface area contributed by atoms with E-state index in [-0.39, 0.29) is 0 Å². The molecule has 0 aliphatic heterocycles. The van der Waals surface area contributed by atoms with E-state index in [4.69, 9.17) is 0 Å². The van der Waals surface area contributed by atoms with Crippen LogP contribution in [0.15, 0.2) is 12.2 Å².